The SMILES string of the molecule is O=C(/C=C/C=C/C(=O)OO)OO. The first-order valence-electron chi connectivity index (χ1n) is 2.76. The lowest BCUT2D eigenvalue weighted by atomic mass is 10.4. The molecule has 6 heteroatoms. The van der Waals surface area contributed by atoms with Crippen LogP contribution in [-0.4, -0.2) is 22.5 Å². The summed E-state index contributed by atoms with van der Waals surface area (Å²) in [6.07, 6.45) is 3.97. The molecule has 0 aromatic heterocycles. The minimum atomic E-state index is -0.975. The van der Waals surface area contributed by atoms with E-state index in [9.17, 15) is 9.59 Å². The Kier molecular flexibility index (Phi) is 5.24. The highest BCUT2D eigenvalue weighted by Gasteiger charge is 1.92. The highest BCUT2D eigenvalue weighted by molar-refractivity contribution is 5.83. The van der Waals surface area contributed by atoms with Gasteiger partial charge in [-0.1, -0.05) is 12.2 Å². The number of allylic oxidation sites excluding steroid dienone is 2. The van der Waals surface area contributed by atoms with Crippen LogP contribution >= 0.6 is 0 Å². The van der Waals surface area contributed by atoms with Crippen molar-refractivity contribution < 1.29 is 29.9 Å². The van der Waals surface area contributed by atoms with E-state index in [-0.39, 0.29) is 0 Å². The van der Waals surface area contributed by atoms with Crippen LogP contribution in [0.3, 0.4) is 0 Å². The van der Waals surface area contributed by atoms with E-state index in [4.69, 9.17) is 10.5 Å². The van der Waals surface area contributed by atoms with E-state index in [0.717, 1.165) is 24.3 Å². The van der Waals surface area contributed by atoms with Gasteiger partial charge < -0.3 is 0 Å². The monoisotopic (exact) mass is 174 g/mol. The summed E-state index contributed by atoms with van der Waals surface area (Å²) < 4.78 is 0. The Balaban J connectivity index is 3.81. The van der Waals surface area contributed by atoms with E-state index in [2.05, 4.69) is 9.78 Å². The molecule has 0 rings (SSSR count). The third kappa shape index (κ3) is 5.15. The molecule has 0 aromatic carbocycles. The summed E-state index contributed by atoms with van der Waals surface area (Å²) in [5.74, 6) is -1.95. The standard InChI is InChI=1S/C6H6O6/c7-5(11-9)3-1-2-4-6(8)12-10/h1-4,9-10H/b3-1+,4-2+. The average molecular weight is 174 g/mol. The van der Waals surface area contributed by atoms with Gasteiger partial charge in [-0.15, -0.1) is 0 Å². The molecule has 0 radical (unpaired) electrons. The Morgan fingerprint density at radius 1 is 0.917 bits per heavy atom. The Bertz CT molecular complexity index is 192. The van der Waals surface area contributed by atoms with Crippen LogP contribution in [0.15, 0.2) is 24.3 Å². The molecule has 0 amide bonds. The highest BCUT2D eigenvalue weighted by Crippen LogP contribution is 1.82. The lowest BCUT2D eigenvalue weighted by molar-refractivity contribution is -0.228. The Labute approximate surface area is 67.2 Å². The number of rotatable bonds is 3. The van der Waals surface area contributed by atoms with Crippen molar-refractivity contribution in [1.29, 1.82) is 0 Å². The summed E-state index contributed by atoms with van der Waals surface area (Å²) in [5.41, 5.74) is 0. The van der Waals surface area contributed by atoms with E-state index in [1.807, 2.05) is 0 Å². The first kappa shape index (κ1) is 10.3. The van der Waals surface area contributed by atoms with E-state index in [0.29, 0.717) is 0 Å². The number of carbonyl (C=O) groups excluding carboxylic acids is 2. The molecule has 0 unspecified atom stereocenters. The van der Waals surface area contributed by atoms with Gasteiger partial charge in [0.15, 0.2) is 0 Å². The van der Waals surface area contributed by atoms with E-state index in [1.54, 1.807) is 0 Å². The molecule has 0 saturated carbocycles. The van der Waals surface area contributed by atoms with Gasteiger partial charge in [-0.3, -0.25) is 9.78 Å². The maximum atomic E-state index is 10.2. The van der Waals surface area contributed by atoms with Crippen LogP contribution in [-0.2, 0) is 19.4 Å². The molecular weight excluding hydrogens is 168 g/mol. The largest absolute Gasteiger partial charge is 0.365 e. The zero-order valence-electron chi connectivity index (χ0n) is 5.84. The van der Waals surface area contributed by atoms with Gasteiger partial charge in [0.05, 0.1) is 0 Å². The number of hydrogen-bond donors (Lipinski definition) is 2. The topological polar surface area (TPSA) is 93.1 Å². The molecule has 0 atom stereocenters. The van der Waals surface area contributed by atoms with Crippen molar-refractivity contribution in [3.8, 4) is 0 Å². The minimum Gasteiger partial charge on any atom is -0.296 e. The van der Waals surface area contributed by atoms with Crippen LogP contribution in [0.4, 0.5) is 0 Å². The van der Waals surface area contributed by atoms with Gasteiger partial charge in [0.25, 0.3) is 0 Å². The third-order valence-electron chi connectivity index (χ3n) is 0.756. The van der Waals surface area contributed by atoms with Crippen molar-refractivity contribution >= 4 is 11.9 Å². The van der Waals surface area contributed by atoms with Crippen LogP contribution in [0.2, 0.25) is 0 Å². The second-order valence-corrected chi connectivity index (χ2v) is 1.54. The Morgan fingerprint density at radius 3 is 1.50 bits per heavy atom. The first-order valence-corrected chi connectivity index (χ1v) is 2.76. The van der Waals surface area contributed by atoms with Crippen LogP contribution < -0.4 is 0 Å². The molecule has 0 aliphatic heterocycles. The maximum Gasteiger partial charge on any atom is 0.365 e. The zero-order chi connectivity index (χ0) is 9.40. The predicted molar refractivity (Wildman–Crippen MR) is 35.7 cm³/mol. The second kappa shape index (κ2) is 6.08. The van der Waals surface area contributed by atoms with Crippen molar-refractivity contribution in [2.75, 3.05) is 0 Å². The minimum absolute atomic E-state index is 0.862. The third-order valence-corrected chi connectivity index (χ3v) is 0.756. The van der Waals surface area contributed by atoms with E-state index in [1.165, 1.54) is 0 Å². The lowest BCUT2D eigenvalue weighted by Gasteiger charge is -1.84. The summed E-state index contributed by atoms with van der Waals surface area (Å²) in [6, 6.07) is 0. The molecule has 12 heavy (non-hydrogen) atoms. The molecule has 0 aromatic rings. The fraction of sp³-hybridized carbons (Fsp3) is 0. The molecule has 2 N–H and O–H groups in total. The first-order chi connectivity index (χ1) is 5.70. The normalized spacial score (nSPS) is 10.5. The molecule has 0 fully saturated rings. The van der Waals surface area contributed by atoms with E-state index < -0.39 is 11.9 Å². The van der Waals surface area contributed by atoms with Crippen LogP contribution in [0.1, 0.15) is 0 Å². The van der Waals surface area contributed by atoms with Crippen molar-refractivity contribution in [1.82, 2.24) is 0 Å². The molecule has 0 bridgehead atoms. The Morgan fingerprint density at radius 2 is 1.25 bits per heavy atom. The van der Waals surface area contributed by atoms with E-state index >= 15 is 0 Å². The Hall–Kier alpha value is -1.66. The van der Waals surface area contributed by atoms with Gasteiger partial charge in [-0.25, -0.2) is 9.59 Å². The van der Waals surface area contributed by atoms with Crippen molar-refractivity contribution in [2.45, 2.75) is 0 Å². The smallest absolute Gasteiger partial charge is 0.296 e. The van der Waals surface area contributed by atoms with Gasteiger partial charge >= 0.3 is 11.9 Å². The van der Waals surface area contributed by atoms with Crippen molar-refractivity contribution in [2.24, 2.45) is 0 Å². The molecule has 0 heterocycles. The zero-order valence-corrected chi connectivity index (χ0v) is 5.84. The molecule has 0 saturated heterocycles. The van der Waals surface area contributed by atoms with Gasteiger partial charge in [-0.2, -0.15) is 10.5 Å². The maximum absolute atomic E-state index is 10.2. The molecular formula is C6H6O6. The molecule has 66 valence electrons. The van der Waals surface area contributed by atoms with Crippen molar-refractivity contribution in [3.05, 3.63) is 24.3 Å². The number of hydrogen-bond acceptors (Lipinski definition) is 6. The predicted octanol–water partition coefficient (Wildman–Crippen LogP) is 0.131. The summed E-state index contributed by atoms with van der Waals surface area (Å²) >= 11 is 0. The summed E-state index contributed by atoms with van der Waals surface area (Å²) in [4.78, 5) is 26.9. The van der Waals surface area contributed by atoms with Crippen LogP contribution in [0.5, 0.6) is 0 Å². The fourth-order valence-corrected chi connectivity index (χ4v) is 0.329. The van der Waals surface area contributed by atoms with Gasteiger partial charge in [0.2, 0.25) is 0 Å². The van der Waals surface area contributed by atoms with Crippen LogP contribution in [0, 0.1) is 0 Å². The molecule has 0 aliphatic carbocycles. The van der Waals surface area contributed by atoms with Gasteiger partial charge in [-0.05, 0) is 0 Å². The quantitative estimate of drug-likeness (QED) is 0.273. The molecule has 0 spiro atoms. The molecule has 6 nitrogen and oxygen atoms in total. The summed E-state index contributed by atoms with van der Waals surface area (Å²) in [5, 5.41) is 15.5. The lowest BCUT2D eigenvalue weighted by Crippen LogP contribution is -1.95. The van der Waals surface area contributed by atoms with Gasteiger partial charge in [0.1, 0.15) is 0 Å². The summed E-state index contributed by atoms with van der Waals surface area (Å²) in [6.45, 7) is 0. The van der Waals surface area contributed by atoms with Gasteiger partial charge in [0, 0.05) is 12.2 Å². The number of carbonyl (C=O) groups is 2. The highest BCUT2D eigenvalue weighted by atomic mass is 17.1. The summed E-state index contributed by atoms with van der Waals surface area (Å²) in [7, 11) is 0. The average Bonchev–Trinajstić information content (AvgIpc) is 2.11. The second-order valence-electron chi connectivity index (χ2n) is 1.54. The molecule has 0 aliphatic rings. The van der Waals surface area contributed by atoms with Crippen molar-refractivity contribution in [3.63, 3.8) is 0 Å². The van der Waals surface area contributed by atoms with Crippen LogP contribution in [0.25, 0.3) is 0 Å². The fourth-order valence-electron chi connectivity index (χ4n) is 0.329.